The quantitative estimate of drug-likeness (QED) is 0.619. The molecule has 1 N–H and O–H groups in total. The lowest BCUT2D eigenvalue weighted by molar-refractivity contribution is 1.32. The monoisotopic (exact) mass is 269 g/mol. The van der Waals surface area contributed by atoms with Gasteiger partial charge in [-0.25, -0.2) is 0 Å². The number of benzene rings is 2. The van der Waals surface area contributed by atoms with E-state index in [9.17, 15) is 0 Å². The van der Waals surface area contributed by atoms with Gasteiger partial charge >= 0.3 is 0 Å². The first kappa shape index (κ1) is 11.6. The molecule has 1 aliphatic heterocycles. The topological polar surface area (TPSA) is 12.0 Å². The molecule has 0 unspecified atom stereocenters. The molecule has 0 fully saturated rings. The molecule has 2 aromatic rings. The predicted octanol–water partition coefficient (Wildman–Crippen LogP) is 4.97. The maximum absolute atomic E-state index is 5.95. The molecule has 3 rings (SSSR count). The number of rotatable bonds is 0. The third kappa shape index (κ3) is 2.01. The zero-order chi connectivity index (χ0) is 10.3. The van der Waals surface area contributed by atoms with Gasteiger partial charge in [-0.1, -0.05) is 35.5 Å². The van der Waals surface area contributed by atoms with Gasteiger partial charge in [-0.05, 0) is 30.3 Å². The fraction of sp³-hybridized carbons (Fsp3) is 0. The van der Waals surface area contributed by atoms with Crippen LogP contribution in [0.15, 0.2) is 52.3 Å². The molecule has 1 nitrogen and oxygen atoms in total. The summed E-state index contributed by atoms with van der Waals surface area (Å²) in [6.07, 6.45) is 0. The zero-order valence-electron chi connectivity index (χ0n) is 8.24. The minimum Gasteiger partial charge on any atom is -0.354 e. The van der Waals surface area contributed by atoms with E-state index in [1.54, 1.807) is 11.8 Å². The van der Waals surface area contributed by atoms with E-state index < -0.39 is 0 Å². The van der Waals surface area contributed by atoms with Crippen LogP contribution < -0.4 is 5.32 Å². The molecule has 0 amide bonds. The van der Waals surface area contributed by atoms with Crippen LogP contribution in [0.5, 0.6) is 0 Å². The Labute approximate surface area is 110 Å². The summed E-state index contributed by atoms with van der Waals surface area (Å²) < 4.78 is 0. The van der Waals surface area contributed by atoms with Gasteiger partial charge in [0.15, 0.2) is 0 Å². The summed E-state index contributed by atoms with van der Waals surface area (Å²) in [6, 6.07) is 14.2. The lowest BCUT2D eigenvalue weighted by Crippen LogP contribution is -1.98. The number of hydrogen-bond donors (Lipinski definition) is 1. The van der Waals surface area contributed by atoms with Gasteiger partial charge in [0.1, 0.15) is 0 Å². The smallest absolute Gasteiger partial charge is 0.0541 e. The van der Waals surface area contributed by atoms with Gasteiger partial charge in [0.2, 0.25) is 0 Å². The third-order valence-electron chi connectivity index (χ3n) is 2.32. The van der Waals surface area contributed by atoms with Crippen molar-refractivity contribution in [1.82, 2.24) is 0 Å². The van der Waals surface area contributed by atoms with E-state index in [0.29, 0.717) is 0 Å². The van der Waals surface area contributed by atoms with Gasteiger partial charge in [-0.3, -0.25) is 0 Å². The molecule has 0 aromatic heterocycles. The molecular weight excluding hydrogens is 261 g/mol. The molecule has 0 bridgehead atoms. The Morgan fingerprint density at radius 3 is 2.56 bits per heavy atom. The van der Waals surface area contributed by atoms with E-state index >= 15 is 0 Å². The Bertz CT molecular complexity index is 528. The van der Waals surface area contributed by atoms with Gasteiger partial charge in [0.25, 0.3) is 0 Å². The van der Waals surface area contributed by atoms with Crippen molar-refractivity contribution in [2.45, 2.75) is 9.79 Å². The van der Waals surface area contributed by atoms with Crippen molar-refractivity contribution in [3.05, 3.63) is 47.5 Å². The molecule has 0 atom stereocenters. The highest BCUT2D eigenvalue weighted by Gasteiger charge is 2.14. The van der Waals surface area contributed by atoms with Gasteiger partial charge in [-0.15, -0.1) is 12.4 Å². The first-order valence-corrected chi connectivity index (χ1v) is 5.86. The van der Waals surface area contributed by atoms with Crippen LogP contribution in [0.25, 0.3) is 0 Å². The van der Waals surface area contributed by atoms with E-state index in [2.05, 4.69) is 23.5 Å². The van der Waals surface area contributed by atoms with Gasteiger partial charge < -0.3 is 5.32 Å². The molecule has 1 aliphatic rings. The highest BCUT2D eigenvalue weighted by atomic mass is 35.5. The van der Waals surface area contributed by atoms with Crippen LogP contribution in [0.3, 0.4) is 0 Å². The summed E-state index contributed by atoms with van der Waals surface area (Å²) >= 11 is 7.72. The Morgan fingerprint density at radius 2 is 1.69 bits per heavy atom. The second kappa shape index (κ2) is 4.58. The number of halogens is 2. The molecule has 0 spiro atoms. The number of nitrogens with one attached hydrogen (secondary N) is 1. The Balaban J connectivity index is 0.000000963. The minimum absolute atomic E-state index is 0. The normalized spacial score (nSPS) is 11.8. The van der Waals surface area contributed by atoms with Crippen molar-refractivity contribution in [3.8, 4) is 0 Å². The van der Waals surface area contributed by atoms with Crippen molar-refractivity contribution in [2.24, 2.45) is 0 Å². The van der Waals surface area contributed by atoms with Crippen molar-refractivity contribution in [1.29, 1.82) is 0 Å². The van der Waals surface area contributed by atoms with Crippen LogP contribution in [-0.4, -0.2) is 0 Å². The van der Waals surface area contributed by atoms with Crippen LogP contribution >= 0.6 is 35.8 Å². The first-order chi connectivity index (χ1) is 7.33. The molecular formula is C12H9Cl2NS. The van der Waals surface area contributed by atoms with Crippen molar-refractivity contribution in [2.75, 3.05) is 5.32 Å². The summed E-state index contributed by atoms with van der Waals surface area (Å²) in [7, 11) is 0. The Kier molecular flexibility index (Phi) is 3.33. The Morgan fingerprint density at radius 1 is 0.938 bits per heavy atom. The number of para-hydroxylation sites is 1. The van der Waals surface area contributed by atoms with Crippen LogP contribution in [0, 0.1) is 0 Å². The first-order valence-electron chi connectivity index (χ1n) is 4.66. The summed E-state index contributed by atoms with van der Waals surface area (Å²) in [5.74, 6) is 0. The fourth-order valence-electron chi connectivity index (χ4n) is 1.61. The highest BCUT2D eigenvalue weighted by molar-refractivity contribution is 7.99. The summed E-state index contributed by atoms with van der Waals surface area (Å²) in [6.45, 7) is 0. The summed E-state index contributed by atoms with van der Waals surface area (Å²) in [5.41, 5.74) is 2.24. The minimum atomic E-state index is 0. The number of fused-ring (bicyclic) bond motifs is 2. The van der Waals surface area contributed by atoms with E-state index in [1.807, 2.05) is 24.3 Å². The highest BCUT2D eigenvalue weighted by Crippen LogP contribution is 2.44. The van der Waals surface area contributed by atoms with Gasteiger partial charge in [0.05, 0.1) is 11.4 Å². The average Bonchev–Trinajstić information content (AvgIpc) is 2.26. The zero-order valence-corrected chi connectivity index (χ0v) is 10.6. The lowest BCUT2D eigenvalue weighted by atomic mass is 10.2. The molecule has 4 heteroatoms. The largest absolute Gasteiger partial charge is 0.354 e. The number of hydrogen-bond acceptors (Lipinski definition) is 2. The van der Waals surface area contributed by atoms with Crippen molar-refractivity contribution in [3.63, 3.8) is 0 Å². The predicted molar refractivity (Wildman–Crippen MR) is 72.5 cm³/mol. The average molecular weight is 270 g/mol. The molecule has 0 saturated carbocycles. The standard InChI is InChI=1S/C12H8ClNS.ClH/c13-8-5-6-12-10(7-8)14-9-3-1-2-4-11(9)15-12;/h1-7,14H;1H. The molecule has 0 saturated heterocycles. The second-order valence-corrected chi connectivity index (χ2v) is 4.88. The van der Waals surface area contributed by atoms with E-state index in [1.165, 1.54) is 9.79 Å². The van der Waals surface area contributed by atoms with Crippen molar-refractivity contribution < 1.29 is 0 Å². The lowest BCUT2D eigenvalue weighted by Gasteiger charge is -2.20. The van der Waals surface area contributed by atoms with E-state index in [0.717, 1.165) is 16.4 Å². The van der Waals surface area contributed by atoms with Gasteiger partial charge in [0, 0.05) is 14.8 Å². The fourth-order valence-corrected chi connectivity index (χ4v) is 2.75. The van der Waals surface area contributed by atoms with Crippen LogP contribution in [0.4, 0.5) is 11.4 Å². The second-order valence-electron chi connectivity index (χ2n) is 3.36. The summed E-state index contributed by atoms with van der Waals surface area (Å²) in [4.78, 5) is 2.48. The molecule has 0 aliphatic carbocycles. The third-order valence-corrected chi connectivity index (χ3v) is 3.70. The Hall–Kier alpha value is -0.830. The van der Waals surface area contributed by atoms with Crippen molar-refractivity contribution >= 4 is 47.1 Å². The molecule has 16 heavy (non-hydrogen) atoms. The maximum atomic E-state index is 5.95. The SMILES string of the molecule is Cl.Clc1ccc2c(c1)Nc1ccccc1S2. The maximum Gasteiger partial charge on any atom is 0.0541 e. The molecule has 1 heterocycles. The van der Waals surface area contributed by atoms with Crippen LogP contribution in [0.2, 0.25) is 5.02 Å². The van der Waals surface area contributed by atoms with Crippen LogP contribution in [-0.2, 0) is 0 Å². The van der Waals surface area contributed by atoms with E-state index in [-0.39, 0.29) is 12.4 Å². The number of anilines is 2. The molecule has 2 aromatic carbocycles. The van der Waals surface area contributed by atoms with E-state index in [4.69, 9.17) is 11.6 Å². The van der Waals surface area contributed by atoms with Crippen LogP contribution in [0.1, 0.15) is 0 Å². The molecule has 82 valence electrons. The molecule has 0 radical (unpaired) electrons. The summed E-state index contributed by atoms with van der Waals surface area (Å²) in [5, 5.41) is 4.14. The van der Waals surface area contributed by atoms with Gasteiger partial charge in [-0.2, -0.15) is 0 Å².